The van der Waals surface area contributed by atoms with Crippen molar-refractivity contribution in [1.82, 2.24) is 0 Å². The van der Waals surface area contributed by atoms with Crippen LogP contribution in [0.25, 0.3) is 0 Å². The topological polar surface area (TPSA) is 63.3 Å². The van der Waals surface area contributed by atoms with E-state index in [4.69, 9.17) is 5.73 Å². The Bertz CT molecular complexity index is 513. The molecule has 0 unspecified atom stereocenters. The van der Waals surface area contributed by atoms with Gasteiger partial charge in [0.1, 0.15) is 4.88 Å². The van der Waals surface area contributed by atoms with Crippen LogP contribution in [0.2, 0.25) is 0 Å². The summed E-state index contributed by atoms with van der Waals surface area (Å²) in [6, 6.07) is 1.96. The second kappa shape index (κ2) is 3.75. The van der Waals surface area contributed by atoms with Crippen LogP contribution < -0.4 is 5.73 Å². The van der Waals surface area contributed by atoms with Crippen LogP contribution in [0.5, 0.6) is 0 Å². The summed E-state index contributed by atoms with van der Waals surface area (Å²) in [4.78, 5) is 12.8. The lowest BCUT2D eigenvalue weighted by molar-refractivity contribution is -0.00345. The van der Waals surface area contributed by atoms with E-state index in [0.717, 1.165) is 17.8 Å². The zero-order valence-electron chi connectivity index (χ0n) is 10.9. The number of nitrogen functional groups attached to an aromatic ring is 1. The largest absolute Gasteiger partial charge is 0.477 e. The van der Waals surface area contributed by atoms with Crippen molar-refractivity contribution in [3.63, 3.8) is 0 Å². The van der Waals surface area contributed by atoms with Gasteiger partial charge in [-0.25, -0.2) is 4.79 Å². The maximum atomic E-state index is 11.2. The molecule has 5 rings (SSSR count). The number of rotatable bonds is 2. The van der Waals surface area contributed by atoms with Crippen LogP contribution in [-0.2, 0) is 5.41 Å². The molecule has 1 heterocycles. The summed E-state index contributed by atoms with van der Waals surface area (Å²) in [6.07, 6.45) is 8.01. The molecule has 0 atom stereocenters. The number of thiophene rings is 1. The summed E-state index contributed by atoms with van der Waals surface area (Å²) in [7, 11) is 0. The van der Waals surface area contributed by atoms with Crippen LogP contribution in [0.1, 0.15) is 53.1 Å². The Morgan fingerprint density at radius 3 is 2.16 bits per heavy atom. The number of hydrogen-bond acceptors (Lipinski definition) is 3. The number of anilines is 1. The van der Waals surface area contributed by atoms with Gasteiger partial charge in [0.15, 0.2) is 0 Å². The van der Waals surface area contributed by atoms with Gasteiger partial charge in [-0.15, -0.1) is 11.3 Å². The Kier molecular flexibility index (Phi) is 2.32. The molecule has 0 aromatic carbocycles. The lowest BCUT2D eigenvalue weighted by atomic mass is 9.49. The average molecular weight is 277 g/mol. The number of nitrogens with two attached hydrogens (primary N) is 1. The van der Waals surface area contributed by atoms with E-state index in [1.54, 1.807) is 0 Å². The molecule has 4 saturated carbocycles. The van der Waals surface area contributed by atoms with Gasteiger partial charge in [-0.1, -0.05) is 0 Å². The standard InChI is InChI=1S/C15H19NO2S/c16-11-4-12(19-13(11)14(17)18)15-5-8-1-9(6-15)3-10(2-8)7-15/h4,8-10H,1-3,5-7,16H2,(H,17,18). The van der Waals surface area contributed by atoms with Gasteiger partial charge in [-0.05, 0) is 62.3 Å². The maximum absolute atomic E-state index is 11.2. The van der Waals surface area contributed by atoms with E-state index in [-0.39, 0.29) is 5.41 Å². The number of carboxylic acid groups (broad SMARTS) is 1. The van der Waals surface area contributed by atoms with E-state index in [0.29, 0.717) is 10.6 Å². The Morgan fingerprint density at radius 2 is 1.74 bits per heavy atom. The fourth-order valence-electron chi connectivity index (χ4n) is 5.25. The molecule has 4 fully saturated rings. The average Bonchev–Trinajstić information content (AvgIpc) is 2.70. The first kappa shape index (κ1) is 11.8. The Hall–Kier alpha value is -1.03. The number of carboxylic acids is 1. The Labute approximate surface area is 116 Å². The van der Waals surface area contributed by atoms with E-state index in [9.17, 15) is 9.90 Å². The molecule has 3 N–H and O–H groups in total. The van der Waals surface area contributed by atoms with Crippen molar-refractivity contribution in [3.8, 4) is 0 Å². The molecule has 0 amide bonds. The third-order valence-electron chi connectivity index (χ3n) is 5.52. The van der Waals surface area contributed by atoms with Gasteiger partial charge in [0.2, 0.25) is 0 Å². The molecule has 4 heteroatoms. The van der Waals surface area contributed by atoms with Gasteiger partial charge in [0.05, 0.1) is 5.69 Å². The summed E-state index contributed by atoms with van der Waals surface area (Å²) in [6.45, 7) is 0. The Balaban J connectivity index is 1.75. The number of hydrogen-bond donors (Lipinski definition) is 2. The summed E-state index contributed by atoms with van der Waals surface area (Å²) in [5, 5.41) is 9.19. The quantitative estimate of drug-likeness (QED) is 0.869. The minimum atomic E-state index is -0.876. The number of aromatic carboxylic acids is 1. The zero-order chi connectivity index (χ0) is 13.2. The first-order valence-electron chi connectivity index (χ1n) is 7.19. The molecule has 1 aromatic rings. The molecule has 4 aliphatic carbocycles. The van der Waals surface area contributed by atoms with Crippen LogP contribution in [0.15, 0.2) is 6.07 Å². The fourth-order valence-corrected chi connectivity index (χ4v) is 6.38. The van der Waals surface area contributed by atoms with Crippen LogP contribution >= 0.6 is 11.3 Å². The molecule has 0 radical (unpaired) electrons. The molecule has 3 nitrogen and oxygen atoms in total. The lowest BCUT2D eigenvalue weighted by Gasteiger charge is -2.56. The smallest absolute Gasteiger partial charge is 0.348 e. The van der Waals surface area contributed by atoms with Crippen LogP contribution in [-0.4, -0.2) is 11.1 Å². The predicted molar refractivity (Wildman–Crippen MR) is 75.5 cm³/mol. The monoisotopic (exact) mass is 277 g/mol. The van der Waals surface area contributed by atoms with Gasteiger partial charge in [-0.3, -0.25) is 0 Å². The van der Waals surface area contributed by atoms with E-state index < -0.39 is 5.97 Å². The maximum Gasteiger partial charge on any atom is 0.348 e. The van der Waals surface area contributed by atoms with E-state index >= 15 is 0 Å². The van der Waals surface area contributed by atoms with E-state index in [1.165, 1.54) is 54.7 Å². The van der Waals surface area contributed by atoms with Crippen molar-refractivity contribution in [1.29, 1.82) is 0 Å². The van der Waals surface area contributed by atoms with Crippen LogP contribution in [0, 0.1) is 17.8 Å². The van der Waals surface area contributed by atoms with E-state index in [2.05, 4.69) is 0 Å². The van der Waals surface area contributed by atoms with Crippen molar-refractivity contribution in [2.75, 3.05) is 5.73 Å². The molecule has 4 bridgehead atoms. The van der Waals surface area contributed by atoms with Gasteiger partial charge in [0, 0.05) is 10.3 Å². The minimum Gasteiger partial charge on any atom is -0.477 e. The normalized spacial score (nSPS) is 39.7. The van der Waals surface area contributed by atoms with Crippen LogP contribution in [0.3, 0.4) is 0 Å². The van der Waals surface area contributed by atoms with Crippen molar-refractivity contribution in [2.24, 2.45) is 17.8 Å². The highest BCUT2D eigenvalue weighted by atomic mass is 32.1. The van der Waals surface area contributed by atoms with Gasteiger partial charge >= 0.3 is 5.97 Å². The second-order valence-electron chi connectivity index (χ2n) is 6.90. The molecule has 4 aliphatic rings. The molecule has 102 valence electrons. The molecule has 1 aromatic heterocycles. The summed E-state index contributed by atoms with van der Waals surface area (Å²) >= 11 is 1.43. The van der Waals surface area contributed by atoms with Crippen molar-refractivity contribution in [3.05, 3.63) is 15.8 Å². The highest BCUT2D eigenvalue weighted by Crippen LogP contribution is 2.61. The molecule has 0 aliphatic heterocycles. The SMILES string of the molecule is Nc1cc(C23CC4CC(CC(C4)C2)C3)sc1C(=O)O. The summed E-state index contributed by atoms with van der Waals surface area (Å²) in [5.74, 6) is 1.76. The number of carbonyl (C=O) groups is 1. The molecule has 19 heavy (non-hydrogen) atoms. The van der Waals surface area contributed by atoms with Gasteiger partial charge < -0.3 is 10.8 Å². The fraction of sp³-hybridized carbons (Fsp3) is 0.667. The zero-order valence-corrected chi connectivity index (χ0v) is 11.7. The molecule has 0 saturated heterocycles. The second-order valence-corrected chi connectivity index (χ2v) is 7.95. The highest BCUT2D eigenvalue weighted by molar-refractivity contribution is 7.14. The minimum absolute atomic E-state index is 0.265. The van der Waals surface area contributed by atoms with Crippen molar-refractivity contribution in [2.45, 2.75) is 43.9 Å². The lowest BCUT2D eigenvalue weighted by Crippen LogP contribution is -2.48. The summed E-state index contributed by atoms with van der Waals surface area (Å²) in [5.41, 5.74) is 6.62. The summed E-state index contributed by atoms with van der Waals surface area (Å²) < 4.78 is 0. The molecular formula is C15H19NO2S. The van der Waals surface area contributed by atoms with Crippen molar-refractivity contribution < 1.29 is 9.90 Å². The molecular weight excluding hydrogens is 258 g/mol. The van der Waals surface area contributed by atoms with Crippen LogP contribution in [0.4, 0.5) is 5.69 Å². The van der Waals surface area contributed by atoms with Gasteiger partial charge in [-0.2, -0.15) is 0 Å². The highest BCUT2D eigenvalue weighted by Gasteiger charge is 2.52. The van der Waals surface area contributed by atoms with E-state index in [1.807, 2.05) is 6.07 Å². The Morgan fingerprint density at radius 1 is 1.21 bits per heavy atom. The van der Waals surface area contributed by atoms with Crippen molar-refractivity contribution >= 4 is 23.0 Å². The first-order chi connectivity index (χ1) is 9.06. The first-order valence-corrected chi connectivity index (χ1v) is 8.00. The predicted octanol–water partition coefficient (Wildman–Crippen LogP) is 3.50. The third-order valence-corrected chi connectivity index (χ3v) is 6.90. The third kappa shape index (κ3) is 1.65. The molecule has 0 spiro atoms. The van der Waals surface area contributed by atoms with Gasteiger partial charge in [0.25, 0.3) is 0 Å².